The molecule has 392 valence electrons. The van der Waals surface area contributed by atoms with Crippen LogP contribution in [0.15, 0.2) is 41.4 Å². The first-order chi connectivity index (χ1) is 31.2. The molecule has 0 aliphatic carbocycles. The molecular formula is C42H69ClN8O15S3. The van der Waals surface area contributed by atoms with Crippen molar-refractivity contribution in [1.82, 2.24) is 20.2 Å². The Morgan fingerprint density at radius 3 is 1.94 bits per heavy atom. The van der Waals surface area contributed by atoms with E-state index in [1.54, 1.807) is 18.7 Å². The Morgan fingerprint density at radius 2 is 1.39 bits per heavy atom. The summed E-state index contributed by atoms with van der Waals surface area (Å²) in [6.07, 6.45) is -10.1. The average molecular weight is 1060 g/mol. The van der Waals surface area contributed by atoms with Gasteiger partial charge in [0, 0.05) is 26.2 Å². The predicted molar refractivity (Wildman–Crippen MR) is 270 cm³/mol. The second-order valence-corrected chi connectivity index (χ2v) is 16.2. The molecule has 0 saturated carbocycles. The topological polar surface area (TPSA) is 374 Å². The van der Waals surface area contributed by atoms with Gasteiger partial charge in [-0.1, -0.05) is 35.9 Å². The maximum Gasteiger partial charge on any atom is 0.332 e. The van der Waals surface area contributed by atoms with Gasteiger partial charge in [-0.2, -0.15) is 40.5 Å². The van der Waals surface area contributed by atoms with Crippen molar-refractivity contribution in [3.05, 3.63) is 52.8 Å². The van der Waals surface area contributed by atoms with Crippen LogP contribution in [0.4, 0.5) is 11.6 Å². The van der Waals surface area contributed by atoms with Crippen LogP contribution in [0.25, 0.3) is 10.8 Å². The van der Waals surface area contributed by atoms with Crippen molar-refractivity contribution in [2.24, 2.45) is 10.7 Å². The molecule has 0 spiro atoms. The molecule has 3 heterocycles. The van der Waals surface area contributed by atoms with Gasteiger partial charge in [0.2, 0.25) is 0 Å². The summed E-state index contributed by atoms with van der Waals surface area (Å²) in [7, 11) is 0. The number of hydrogen-bond acceptors (Lipinski definition) is 20. The first kappa shape index (κ1) is 63.5. The number of halogens is 1. The van der Waals surface area contributed by atoms with Gasteiger partial charge in [-0.15, -0.1) is 0 Å². The number of unbranched alkanes of at least 4 members (excludes halogenated alkanes) is 1. The van der Waals surface area contributed by atoms with Crippen molar-refractivity contribution in [2.75, 3.05) is 57.5 Å². The number of rotatable bonds is 20. The number of aryl methyl sites for hydroxylation is 1. The van der Waals surface area contributed by atoms with Crippen LogP contribution in [0.2, 0.25) is 5.15 Å². The normalized spacial score (nSPS) is 22.5. The number of aromatic nitrogens is 2. The van der Waals surface area contributed by atoms with Gasteiger partial charge in [-0.25, -0.2) is 14.8 Å². The largest absolute Gasteiger partial charge is 0.494 e. The number of carbonyl (C=O) groups excluding carboxylic acids is 1. The van der Waals surface area contributed by atoms with E-state index in [0.29, 0.717) is 25.1 Å². The molecule has 15 N–H and O–H groups in total. The number of carboxylic acids is 1. The Hall–Kier alpha value is -3.55. The van der Waals surface area contributed by atoms with Crippen molar-refractivity contribution in [1.29, 1.82) is 0 Å². The second kappa shape index (κ2) is 31.0. The molecule has 2 unspecified atom stereocenters. The highest BCUT2D eigenvalue weighted by Gasteiger charge is 2.40. The number of fused-ring (bicyclic) bond motifs is 1. The summed E-state index contributed by atoms with van der Waals surface area (Å²) in [5.74, 6) is -1.61. The maximum absolute atomic E-state index is 12.4. The van der Waals surface area contributed by atoms with Gasteiger partial charge >= 0.3 is 5.97 Å². The molecule has 2 aliphatic heterocycles. The number of aliphatic carboxylic acids is 1. The summed E-state index contributed by atoms with van der Waals surface area (Å²) in [6.45, 7) is 4.93. The molecule has 2 aromatic carbocycles. The maximum atomic E-state index is 12.4. The molecule has 11 atom stereocenters. The Labute approximate surface area is 425 Å². The number of aliphatic hydroxyl groups is 7. The summed E-state index contributed by atoms with van der Waals surface area (Å²) in [6, 6.07) is 11.9. The van der Waals surface area contributed by atoms with Crippen LogP contribution in [0.5, 0.6) is 5.75 Å². The van der Waals surface area contributed by atoms with Crippen molar-refractivity contribution in [3.8, 4) is 5.75 Å². The number of carboxylic acid groups (broad SMARTS) is 1. The lowest BCUT2D eigenvalue weighted by Crippen LogP contribution is -2.57. The lowest BCUT2D eigenvalue weighted by Gasteiger charge is -2.39. The standard InChI is InChI=1S/C39H57ClN8O12.C3H6O3.3H2S/c1-20-57-18-28(51)33(59-20)31(53)26(49)16-48(17-27(50)32(54)34-29(52)19-58-21(2)60-34)12-5-13-56-25-10-9-23-14-22(7-8-24(23)15-25)6-3-4-11-44-39(43)47-38(55)30-36(41)46-37(42)35(40)45-30;1-2(4)3(5)6;;;/h7-10,14-15,20-21,26-29,31-34,49-54H,3-6,11-13,16-19H2,1-2H3,(H4,41,42,46)(H3,43,44,47,55);2,4H,1H3,(H,5,6);3*1H2/t20?,21?,26-,27-,28+,29+,31+,32+,33+,34+;2-;;;/m00.../s1. The molecule has 27 heteroatoms. The van der Waals surface area contributed by atoms with E-state index in [4.69, 9.17) is 62.7 Å². The summed E-state index contributed by atoms with van der Waals surface area (Å²) in [5, 5.41) is 84.6. The molecule has 2 aliphatic rings. The Morgan fingerprint density at radius 1 is 0.855 bits per heavy atom. The van der Waals surface area contributed by atoms with E-state index in [0.717, 1.165) is 29.2 Å². The zero-order valence-electron chi connectivity index (χ0n) is 38.4. The van der Waals surface area contributed by atoms with Crippen molar-refractivity contribution in [2.45, 2.75) is 114 Å². The summed E-state index contributed by atoms with van der Waals surface area (Å²) >= 11 is 5.84. The lowest BCUT2D eigenvalue weighted by atomic mass is 10.00. The molecule has 1 amide bonds. The van der Waals surface area contributed by atoms with Crippen molar-refractivity contribution in [3.63, 3.8) is 0 Å². The van der Waals surface area contributed by atoms with Crippen LogP contribution in [-0.4, -0.2) is 187 Å². The number of nitrogens with zero attached hydrogens (tertiary/aromatic N) is 4. The fourth-order valence-electron chi connectivity index (χ4n) is 6.88. The third-order valence-corrected chi connectivity index (χ3v) is 10.7. The number of benzene rings is 2. The van der Waals surface area contributed by atoms with E-state index in [2.05, 4.69) is 26.3 Å². The number of ether oxygens (including phenoxy) is 5. The van der Waals surface area contributed by atoms with E-state index in [-0.39, 0.29) is 108 Å². The van der Waals surface area contributed by atoms with Gasteiger partial charge in [0.1, 0.15) is 48.5 Å². The molecule has 23 nitrogen and oxygen atoms in total. The number of hydrogen-bond donors (Lipinski definition) is 12. The van der Waals surface area contributed by atoms with E-state index in [1.807, 2.05) is 30.3 Å². The van der Waals surface area contributed by atoms with E-state index >= 15 is 0 Å². The smallest absolute Gasteiger partial charge is 0.332 e. The molecular weight excluding hydrogens is 988 g/mol. The zero-order chi connectivity index (χ0) is 48.7. The molecule has 1 aromatic heterocycles. The highest BCUT2D eigenvalue weighted by Crippen LogP contribution is 2.25. The number of nitrogens with one attached hydrogen (secondary N) is 1. The Bertz CT molecular complexity index is 2030. The van der Waals surface area contributed by atoms with Crippen LogP contribution in [0.1, 0.15) is 56.1 Å². The van der Waals surface area contributed by atoms with Crippen LogP contribution < -0.4 is 27.3 Å². The van der Waals surface area contributed by atoms with Gasteiger partial charge < -0.3 is 81.7 Å². The number of amides is 1. The number of aliphatic imine (C=N–C) groups is 1. The second-order valence-electron chi connectivity index (χ2n) is 15.9. The highest BCUT2D eigenvalue weighted by molar-refractivity contribution is 7.59. The number of anilines is 2. The minimum atomic E-state index is -1.48. The van der Waals surface area contributed by atoms with Crippen molar-refractivity contribution < 1.29 is 74.1 Å². The van der Waals surface area contributed by atoms with Gasteiger partial charge in [-0.3, -0.25) is 20.0 Å². The first-order valence-electron chi connectivity index (χ1n) is 21.3. The summed E-state index contributed by atoms with van der Waals surface area (Å²) < 4.78 is 27.6. The minimum absolute atomic E-state index is 0. The first-order valence-corrected chi connectivity index (χ1v) is 21.7. The molecule has 5 rings (SSSR count). The molecule has 0 radical (unpaired) electrons. The molecule has 2 fully saturated rings. The number of nitrogens with two attached hydrogens (primary N) is 3. The fraction of sp³-hybridized carbons (Fsp3) is 0.595. The molecule has 0 bridgehead atoms. The number of carbonyl (C=O) groups is 2. The van der Waals surface area contributed by atoms with Gasteiger partial charge in [-0.05, 0) is 74.9 Å². The van der Waals surface area contributed by atoms with Crippen LogP contribution in [0, 0.1) is 0 Å². The number of nitrogen functional groups attached to an aromatic ring is 2. The molecule has 2 saturated heterocycles. The molecule has 69 heavy (non-hydrogen) atoms. The number of aliphatic hydroxyl groups excluding tert-OH is 7. The average Bonchev–Trinajstić information content (AvgIpc) is 3.27. The van der Waals surface area contributed by atoms with Crippen LogP contribution in [0.3, 0.4) is 0 Å². The molecule has 3 aromatic rings. The monoisotopic (exact) mass is 1060 g/mol. The van der Waals surface area contributed by atoms with E-state index in [1.165, 1.54) is 6.92 Å². The summed E-state index contributed by atoms with van der Waals surface area (Å²) in [5.41, 5.74) is 18.1. The zero-order valence-corrected chi connectivity index (χ0v) is 42.2. The third-order valence-electron chi connectivity index (χ3n) is 10.4. The summed E-state index contributed by atoms with van der Waals surface area (Å²) in [4.78, 5) is 35.4. The third kappa shape index (κ3) is 20.2. The van der Waals surface area contributed by atoms with E-state index in [9.17, 15) is 40.2 Å². The minimum Gasteiger partial charge on any atom is -0.494 e. The van der Waals surface area contributed by atoms with Crippen LogP contribution >= 0.6 is 52.1 Å². The Balaban J connectivity index is 0.00000248. The fourth-order valence-corrected chi connectivity index (χ4v) is 7.00. The Kier molecular flexibility index (Phi) is 28.5. The van der Waals surface area contributed by atoms with Gasteiger partial charge in [0.25, 0.3) is 5.91 Å². The van der Waals surface area contributed by atoms with E-state index < -0.39 is 79.4 Å². The highest BCUT2D eigenvalue weighted by atomic mass is 35.5. The number of guanidine groups is 1. The predicted octanol–water partition coefficient (Wildman–Crippen LogP) is -0.936. The quantitative estimate of drug-likeness (QED) is 0.0369. The lowest BCUT2D eigenvalue weighted by molar-refractivity contribution is -0.274. The van der Waals surface area contributed by atoms with Crippen molar-refractivity contribution >= 4 is 92.3 Å². The SMILES string of the molecule is CC1OC[C@@H](O)[C@H]([C@H](O)[C@@H](O)CN(CCCOc2ccc3cc(CCCCN=C(N)NC(=O)c4nc(Cl)c(N)nc4N)ccc3c2)C[C@H](O)[C@@H](O)[C@@H]2OC(C)OC[C@H]2O)O1.C[C@H](O)C(=O)O.S.S.S. The van der Waals surface area contributed by atoms with Crippen LogP contribution in [-0.2, 0) is 30.2 Å². The van der Waals surface area contributed by atoms with Gasteiger partial charge in [0.15, 0.2) is 41.0 Å². The van der Waals surface area contributed by atoms with Gasteiger partial charge in [0.05, 0.1) is 32.0 Å².